The highest BCUT2D eigenvalue weighted by Gasteiger charge is 2.14. The molecule has 0 saturated carbocycles. The summed E-state index contributed by atoms with van der Waals surface area (Å²) in [6, 6.07) is 2.67. The van der Waals surface area contributed by atoms with Crippen molar-refractivity contribution in [1.29, 1.82) is 0 Å². The molecule has 0 radical (unpaired) electrons. The Labute approximate surface area is 81.4 Å². The minimum Gasteiger partial charge on any atom is -0.497 e. The van der Waals surface area contributed by atoms with Crippen molar-refractivity contribution >= 4 is 5.97 Å². The van der Waals surface area contributed by atoms with Crippen LogP contribution in [0.2, 0.25) is 0 Å². The first-order valence-electron chi connectivity index (χ1n) is 4.02. The monoisotopic (exact) mass is 198 g/mol. The number of benzene rings is 1. The van der Waals surface area contributed by atoms with Gasteiger partial charge in [0, 0.05) is 6.07 Å². The molecule has 0 spiro atoms. The first-order valence-corrected chi connectivity index (χ1v) is 4.02. The van der Waals surface area contributed by atoms with Crippen LogP contribution in [-0.4, -0.2) is 20.2 Å². The lowest BCUT2D eigenvalue weighted by molar-refractivity contribution is 0.0599. The van der Waals surface area contributed by atoms with Gasteiger partial charge in [0.25, 0.3) is 0 Å². The van der Waals surface area contributed by atoms with Crippen LogP contribution in [0.3, 0.4) is 0 Å². The van der Waals surface area contributed by atoms with Crippen LogP contribution in [0, 0.1) is 12.7 Å². The molecule has 1 aromatic carbocycles. The smallest absolute Gasteiger partial charge is 0.338 e. The predicted octanol–water partition coefficient (Wildman–Crippen LogP) is 1.93. The van der Waals surface area contributed by atoms with Crippen LogP contribution in [0.15, 0.2) is 12.1 Å². The summed E-state index contributed by atoms with van der Waals surface area (Å²) in [5.74, 6) is -0.751. The zero-order valence-corrected chi connectivity index (χ0v) is 8.26. The fraction of sp³-hybridized carbons (Fsp3) is 0.300. The Bertz CT molecular complexity index is 361. The van der Waals surface area contributed by atoms with E-state index in [1.54, 1.807) is 0 Å². The van der Waals surface area contributed by atoms with Crippen molar-refractivity contribution in [3.8, 4) is 5.75 Å². The van der Waals surface area contributed by atoms with Gasteiger partial charge in [0.05, 0.1) is 19.8 Å². The van der Waals surface area contributed by atoms with Crippen LogP contribution in [-0.2, 0) is 4.74 Å². The van der Waals surface area contributed by atoms with Gasteiger partial charge in [0.1, 0.15) is 11.6 Å². The molecular formula is C10H11FO3. The first-order chi connectivity index (χ1) is 6.60. The summed E-state index contributed by atoms with van der Waals surface area (Å²) in [6.45, 7) is 1.51. The van der Waals surface area contributed by atoms with Crippen molar-refractivity contribution in [3.05, 3.63) is 29.1 Å². The molecule has 0 bridgehead atoms. The van der Waals surface area contributed by atoms with E-state index in [-0.39, 0.29) is 11.1 Å². The van der Waals surface area contributed by atoms with Crippen LogP contribution in [0.25, 0.3) is 0 Å². The molecule has 0 amide bonds. The van der Waals surface area contributed by atoms with Gasteiger partial charge in [-0.05, 0) is 18.6 Å². The van der Waals surface area contributed by atoms with Crippen molar-refractivity contribution in [2.45, 2.75) is 6.92 Å². The Morgan fingerprint density at radius 2 is 2.00 bits per heavy atom. The number of rotatable bonds is 2. The molecule has 0 atom stereocenters. The number of carbonyl (C=O) groups is 1. The highest BCUT2D eigenvalue weighted by Crippen LogP contribution is 2.21. The van der Waals surface area contributed by atoms with E-state index in [0.29, 0.717) is 5.75 Å². The fourth-order valence-electron chi connectivity index (χ4n) is 1.09. The Kier molecular flexibility index (Phi) is 3.06. The van der Waals surface area contributed by atoms with Gasteiger partial charge in [-0.1, -0.05) is 0 Å². The first kappa shape index (κ1) is 10.5. The second-order valence-electron chi connectivity index (χ2n) is 2.77. The largest absolute Gasteiger partial charge is 0.497 e. The van der Waals surface area contributed by atoms with Gasteiger partial charge in [-0.15, -0.1) is 0 Å². The number of ether oxygens (including phenoxy) is 2. The number of hydrogen-bond donors (Lipinski definition) is 0. The summed E-state index contributed by atoms with van der Waals surface area (Å²) >= 11 is 0. The van der Waals surface area contributed by atoms with Crippen LogP contribution in [0.4, 0.5) is 4.39 Å². The Morgan fingerprint density at radius 1 is 1.36 bits per heavy atom. The fourth-order valence-corrected chi connectivity index (χ4v) is 1.09. The Balaban J connectivity index is 3.27. The maximum atomic E-state index is 13.2. The number of halogens is 1. The summed E-state index contributed by atoms with van der Waals surface area (Å²) in [5.41, 5.74) is 0.446. The van der Waals surface area contributed by atoms with E-state index < -0.39 is 11.8 Å². The lowest BCUT2D eigenvalue weighted by atomic mass is 10.1. The molecule has 0 saturated heterocycles. The average Bonchev–Trinajstić information content (AvgIpc) is 2.20. The Hall–Kier alpha value is -1.58. The highest BCUT2D eigenvalue weighted by molar-refractivity contribution is 5.91. The van der Waals surface area contributed by atoms with Crippen molar-refractivity contribution in [2.75, 3.05) is 14.2 Å². The molecular weight excluding hydrogens is 187 g/mol. The zero-order valence-electron chi connectivity index (χ0n) is 8.26. The minimum atomic E-state index is -0.569. The van der Waals surface area contributed by atoms with Crippen molar-refractivity contribution in [2.24, 2.45) is 0 Å². The molecule has 1 rings (SSSR count). The van der Waals surface area contributed by atoms with E-state index in [1.807, 2.05) is 0 Å². The lowest BCUT2D eigenvalue weighted by Crippen LogP contribution is -2.05. The van der Waals surface area contributed by atoms with Gasteiger partial charge in [-0.3, -0.25) is 0 Å². The van der Waals surface area contributed by atoms with Gasteiger partial charge < -0.3 is 9.47 Å². The summed E-state index contributed by atoms with van der Waals surface area (Å²) in [7, 11) is 2.66. The topological polar surface area (TPSA) is 35.5 Å². The van der Waals surface area contributed by atoms with Gasteiger partial charge >= 0.3 is 5.97 Å². The average molecular weight is 198 g/mol. The third kappa shape index (κ3) is 1.84. The number of carbonyl (C=O) groups excluding carboxylic acids is 1. The SMILES string of the molecule is COC(=O)c1cc(OC)cc(F)c1C. The van der Waals surface area contributed by atoms with Crippen molar-refractivity contribution in [3.63, 3.8) is 0 Å². The third-order valence-corrected chi connectivity index (χ3v) is 1.96. The van der Waals surface area contributed by atoms with E-state index in [0.717, 1.165) is 0 Å². The summed E-state index contributed by atoms with van der Waals surface area (Å²) < 4.78 is 22.6. The van der Waals surface area contributed by atoms with Crippen molar-refractivity contribution < 1.29 is 18.7 Å². The number of hydrogen-bond acceptors (Lipinski definition) is 3. The predicted molar refractivity (Wildman–Crippen MR) is 49.0 cm³/mol. The molecule has 0 aliphatic heterocycles. The summed E-state index contributed by atoms with van der Waals surface area (Å²) in [6.07, 6.45) is 0. The maximum absolute atomic E-state index is 13.2. The van der Waals surface area contributed by atoms with Crippen LogP contribution in [0.5, 0.6) is 5.75 Å². The van der Waals surface area contributed by atoms with Gasteiger partial charge in [-0.2, -0.15) is 0 Å². The standard InChI is InChI=1S/C10H11FO3/c1-6-8(10(12)14-3)4-7(13-2)5-9(6)11/h4-5H,1-3H3. The molecule has 0 N–H and O–H groups in total. The quantitative estimate of drug-likeness (QED) is 0.681. The van der Waals surface area contributed by atoms with Gasteiger partial charge in [0.15, 0.2) is 0 Å². The van der Waals surface area contributed by atoms with E-state index in [9.17, 15) is 9.18 Å². The van der Waals surface area contributed by atoms with E-state index in [2.05, 4.69) is 4.74 Å². The number of methoxy groups -OCH3 is 2. The molecule has 4 heteroatoms. The van der Waals surface area contributed by atoms with Crippen LogP contribution >= 0.6 is 0 Å². The van der Waals surface area contributed by atoms with E-state index in [1.165, 1.54) is 33.3 Å². The van der Waals surface area contributed by atoms with Gasteiger partial charge in [0.2, 0.25) is 0 Å². The van der Waals surface area contributed by atoms with E-state index in [4.69, 9.17) is 4.74 Å². The molecule has 0 aliphatic rings. The molecule has 1 aromatic rings. The second kappa shape index (κ2) is 4.09. The molecule has 0 aliphatic carbocycles. The molecule has 0 unspecified atom stereocenters. The summed E-state index contributed by atoms with van der Waals surface area (Å²) in [5, 5.41) is 0. The minimum absolute atomic E-state index is 0.185. The maximum Gasteiger partial charge on any atom is 0.338 e. The highest BCUT2D eigenvalue weighted by atomic mass is 19.1. The molecule has 76 valence electrons. The van der Waals surface area contributed by atoms with E-state index >= 15 is 0 Å². The molecule has 0 heterocycles. The normalized spacial score (nSPS) is 9.71. The Morgan fingerprint density at radius 3 is 2.50 bits per heavy atom. The van der Waals surface area contributed by atoms with Crippen LogP contribution in [0.1, 0.15) is 15.9 Å². The zero-order chi connectivity index (χ0) is 10.7. The van der Waals surface area contributed by atoms with Gasteiger partial charge in [-0.25, -0.2) is 9.18 Å². The molecule has 14 heavy (non-hydrogen) atoms. The molecule has 0 fully saturated rings. The van der Waals surface area contributed by atoms with Crippen molar-refractivity contribution in [1.82, 2.24) is 0 Å². The second-order valence-corrected chi connectivity index (χ2v) is 2.77. The number of esters is 1. The van der Waals surface area contributed by atoms with Crippen LogP contribution < -0.4 is 4.74 Å². The lowest BCUT2D eigenvalue weighted by Gasteiger charge is -2.07. The molecule has 3 nitrogen and oxygen atoms in total. The molecule has 0 aromatic heterocycles. The summed E-state index contributed by atoms with van der Waals surface area (Å²) in [4.78, 5) is 11.2. The third-order valence-electron chi connectivity index (χ3n) is 1.96.